The van der Waals surface area contributed by atoms with E-state index in [2.05, 4.69) is 15.9 Å². The van der Waals surface area contributed by atoms with Crippen molar-refractivity contribution < 1.29 is 23.9 Å². The zero-order valence-electron chi connectivity index (χ0n) is 15.1. The molecule has 0 saturated heterocycles. The van der Waals surface area contributed by atoms with Gasteiger partial charge in [-0.15, -0.1) is 0 Å². The van der Waals surface area contributed by atoms with Crippen LogP contribution in [-0.2, 0) is 19.8 Å². The second kappa shape index (κ2) is 7.49. The molecule has 0 aliphatic carbocycles. The molecule has 7 nitrogen and oxygen atoms in total. The first-order chi connectivity index (χ1) is 12.1. The van der Waals surface area contributed by atoms with Gasteiger partial charge in [0.15, 0.2) is 6.61 Å². The average Bonchev–Trinajstić information content (AvgIpc) is 2.82. The molecule has 1 aromatic carbocycles. The number of esters is 1. The molecule has 1 heterocycles. The summed E-state index contributed by atoms with van der Waals surface area (Å²) in [5, 5.41) is 0.441. The Labute approximate surface area is 159 Å². The summed E-state index contributed by atoms with van der Waals surface area (Å²) >= 11 is 3.37. The first-order valence-corrected chi connectivity index (χ1v) is 9.05. The van der Waals surface area contributed by atoms with E-state index in [4.69, 9.17) is 15.2 Å². The molecule has 2 aromatic rings. The molecule has 0 fully saturated rings. The fourth-order valence-corrected chi connectivity index (χ4v) is 3.32. The summed E-state index contributed by atoms with van der Waals surface area (Å²) in [4.78, 5) is 35.7. The number of nitrogens with zero attached hydrogens (tertiary/aromatic N) is 1. The molecule has 0 saturated carbocycles. The van der Waals surface area contributed by atoms with Gasteiger partial charge in [0, 0.05) is 5.69 Å². The van der Waals surface area contributed by atoms with Crippen LogP contribution < -0.4 is 10.5 Å². The summed E-state index contributed by atoms with van der Waals surface area (Å²) in [5.74, 6) is -2.08. The number of hydrogen-bond donors (Lipinski definition) is 1. The van der Waals surface area contributed by atoms with Crippen LogP contribution in [0, 0.1) is 6.92 Å². The summed E-state index contributed by atoms with van der Waals surface area (Å²) in [6.45, 7) is 6.67. The molecule has 0 radical (unpaired) electrons. The summed E-state index contributed by atoms with van der Waals surface area (Å²) in [7, 11) is 0. The van der Waals surface area contributed by atoms with E-state index in [1.54, 1.807) is 45.9 Å². The Balaban J connectivity index is 2.49. The maximum atomic E-state index is 12.3. The lowest BCUT2D eigenvalue weighted by molar-refractivity contribution is -0.157. The molecular weight excluding hydrogens is 404 g/mol. The fraction of sp³-hybridized carbons (Fsp3) is 0.389. The molecule has 1 aromatic heterocycles. The van der Waals surface area contributed by atoms with E-state index in [0.29, 0.717) is 27.8 Å². The normalized spacial score (nSPS) is 11.4. The SMILES string of the molecule is Cc1c(C(=O)C(N)=O)c2c(OCC(=O)OC(C)(C)C)cccc2n1CBr. The zero-order chi connectivity index (χ0) is 19.6. The number of rotatable bonds is 6. The van der Waals surface area contributed by atoms with Crippen molar-refractivity contribution in [3.8, 4) is 5.75 Å². The minimum atomic E-state index is -1.05. The predicted molar refractivity (Wildman–Crippen MR) is 100 cm³/mol. The summed E-state index contributed by atoms with van der Waals surface area (Å²) in [6.07, 6.45) is 0. The molecule has 140 valence electrons. The van der Waals surface area contributed by atoms with E-state index in [1.165, 1.54) is 0 Å². The lowest BCUT2D eigenvalue weighted by Crippen LogP contribution is -2.27. The smallest absolute Gasteiger partial charge is 0.344 e. The van der Waals surface area contributed by atoms with Crippen LogP contribution in [0.3, 0.4) is 0 Å². The van der Waals surface area contributed by atoms with Gasteiger partial charge in [0.1, 0.15) is 11.4 Å². The third-order valence-corrected chi connectivity index (χ3v) is 4.15. The summed E-state index contributed by atoms with van der Waals surface area (Å²) < 4.78 is 12.6. The van der Waals surface area contributed by atoms with Crippen LogP contribution in [0.4, 0.5) is 0 Å². The van der Waals surface area contributed by atoms with E-state index < -0.39 is 23.3 Å². The maximum absolute atomic E-state index is 12.3. The predicted octanol–water partition coefficient (Wildman–Crippen LogP) is 2.69. The Morgan fingerprint density at radius 3 is 2.42 bits per heavy atom. The minimum Gasteiger partial charge on any atom is -0.481 e. The number of nitrogens with two attached hydrogens (primary N) is 1. The Kier molecular flexibility index (Phi) is 5.75. The highest BCUT2D eigenvalue weighted by atomic mass is 79.9. The Morgan fingerprint density at radius 1 is 1.23 bits per heavy atom. The van der Waals surface area contributed by atoms with Crippen LogP contribution >= 0.6 is 15.9 Å². The van der Waals surface area contributed by atoms with Gasteiger partial charge in [-0.05, 0) is 39.8 Å². The molecule has 0 aliphatic heterocycles. The molecular formula is C18H21BrN2O5. The van der Waals surface area contributed by atoms with Crippen molar-refractivity contribution in [1.82, 2.24) is 4.57 Å². The second-order valence-corrected chi connectivity index (χ2v) is 7.23. The molecule has 0 aliphatic rings. The van der Waals surface area contributed by atoms with Gasteiger partial charge < -0.3 is 19.8 Å². The number of alkyl halides is 1. The maximum Gasteiger partial charge on any atom is 0.344 e. The van der Waals surface area contributed by atoms with Gasteiger partial charge in [0.05, 0.1) is 21.9 Å². The van der Waals surface area contributed by atoms with Gasteiger partial charge in [0.2, 0.25) is 0 Å². The van der Waals surface area contributed by atoms with Crippen molar-refractivity contribution in [2.45, 2.75) is 38.8 Å². The first kappa shape index (κ1) is 20.0. The molecule has 0 bridgehead atoms. The van der Waals surface area contributed by atoms with Crippen LogP contribution in [0.5, 0.6) is 5.75 Å². The van der Waals surface area contributed by atoms with Crippen molar-refractivity contribution in [2.24, 2.45) is 5.73 Å². The van der Waals surface area contributed by atoms with Crippen molar-refractivity contribution in [3.63, 3.8) is 0 Å². The number of hydrogen-bond acceptors (Lipinski definition) is 5. The second-order valence-electron chi connectivity index (χ2n) is 6.73. The van der Waals surface area contributed by atoms with Gasteiger partial charge in [-0.2, -0.15) is 0 Å². The topological polar surface area (TPSA) is 101 Å². The highest BCUT2D eigenvalue weighted by Gasteiger charge is 2.26. The van der Waals surface area contributed by atoms with Gasteiger partial charge in [-0.1, -0.05) is 22.0 Å². The Hall–Kier alpha value is -2.35. The molecule has 8 heteroatoms. The highest BCUT2D eigenvalue weighted by Crippen LogP contribution is 2.34. The van der Waals surface area contributed by atoms with Gasteiger partial charge in [0.25, 0.3) is 11.7 Å². The number of primary amides is 1. The molecule has 26 heavy (non-hydrogen) atoms. The third kappa shape index (κ3) is 4.07. The zero-order valence-corrected chi connectivity index (χ0v) is 16.7. The van der Waals surface area contributed by atoms with Crippen LogP contribution in [0.25, 0.3) is 10.9 Å². The van der Waals surface area contributed by atoms with E-state index in [0.717, 1.165) is 0 Å². The van der Waals surface area contributed by atoms with Crippen molar-refractivity contribution in [3.05, 3.63) is 29.5 Å². The number of ketones is 1. The number of carbonyl (C=O) groups excluding carboxylic acids is 3. The summed E-state index contributed by atoms with van der Waals surface area (Å²) in [6, 6.07) is 5.16. The Morgan fingerprint density at radius 2 is 1.88 bits per heavy atom. The molecule has 2 N–H and O–H groups in total. The number of carbonyl (C=O) groups is 3. The van der Waals surface area contributed by atoms with Gasteiger partial charge in [-0.3, -0.25) is 9.59 Å². The first-order valence-electron chi connectivity index (χ1n) is 7.93. The largest absolute Gasteiger partial charge is 0.481 e. The van der Waals surface area contributed by atoms with Crippen molar-refractivity contribution in [1.29, 1.82) is 0 Å². The third-order valence-electron chi connectivity index (χ3n) is 3.65. The summed E-state index contributed by atoms with van der Waals surface area (Å²) in [5.41, 5.74) is 6.42. The van der Waals surface area contributed by atoms with E-state index >= 15 is 0 Å². The number of benzene rings is 1. The molecule has 0 atom stereocenters. The number of amides is 1. The lowest BCUT2D eigenvalue weighted by atomic mass is 10.1. The molecule has 2 rings (SSSR count). The molecule has 0 spiro atoms. The lowest BCUT2D eigenvalue weighted by Gasteiger charge is -2.19. The minimum absolute atomic E-state index is 0.173. The highest BCUT2D eigenvalue weighted by molar-refractivity contribution is 9.08. The number of Topliss-reactive ketones (excluding diaryl/α,β-unsaturated/α-hetero) is 1. The van der Waals surface area contributed by atoms with Crippen LogP contribution in [-0.4, -0.2) is 34.4 Å². The van der Waals surface area contributed by atoms with Crippen LogP contribution in [0.1, 0.15) is 36.8 Å². The van der Waals surface area contributed by atoms with Gasteiger partial charge in [-0.25, -0.2) is 4.79 Å². The van der Waals surface area contributed by atoms with E-state index in [9.17, 15) is 14.4 Å². The molecule has 1 amide bonds. The van der Waals surface area contributed by atoms with Crippen molar-refractivity contribution in [2.75, 3.05) is 6.61 Å². The van der Waals surface area contributed by atoms with Gasteiger partial charge >= 0.3 is 5.97 Å². The monoisotopic (exact) mass is 424 g/mol. The average molecular weight is 425 g/mol. The number of fused-ring (bicyclic) bond motifs is 1. The van der Waals surface area contributed by atoms with Crippen LogP contribution in [0.2, 0.25) is 0 Å². The fourth-order valence-electron chi connectivity index (χ4n) is 2.68. The van der Waals surface area contributed by atoms with Crippen molar-refractivity contribution >= 4 is 44.5 Å². The number of ether oxygens (including phenoxy) is 2. The van der Waals surface area contributed by atoms with E-state index in [1.807, 2.05) is 4.57 Å². The Bertz CT molecular complexity index is 880. The number of aromatic nitrogens is 1. The standard InChI is InChI=1S/C18H21BrN2O5/c1-10-14(16(23)17(20)24)15-11(21(10)9-19)6-5-7-12(15)25-8-13(22)26-18(2,3)4/h5-7H,8-9H2,1-4H3,(H2,20,24). The van der Waals surface area contributed by atoms with Crippen LogP contribution in [0.15, 0.2) is 18.2 Å². The molecule has 0 unspecified atom stereocenters. The van der Waals surface area contributed by atoms with E-state index in [-0.39, 0.29) is 12.2 Å². The number of halogens is 1. The quantitative estimate of drug-likeness (QED) is 0.332.